The summed E-state index contributed by atoms with van der Waals surface area (Å²) < 4.78 is 11.4. The van der Waals surface area contributed by atoms with E-state index in [1.165, 1.54) is 0 Å². The van der Waals surface area contributed by atoms with Gasteiger partial charge >= 0.3 is 5.97 Å². The second kappa shape index (κ2) is 14.0. The third kappa shape index (κ3) is 7.53. The number of carbonyl (C=O) groups excluding carboxylic acids is 2. The largest absolute Gasteiger partial charge is 0.463 e. The lowest BCUT2D eigenvalue weighted by molar-refractivity contribution is -0.150. The topological polar surface area (TPSA) is 52.6 Å². The van der Waals surface area contributed by atoms with E-state index in [9.17, 15) is 9.59 Å². The first-order valence-electron chi connectivity index (χ1n) is 12.7. The van der Waals surface area contributed by atoms with Crippen LogP contribution in [0.15, 0.2) is 91.0 Å². The van der Waals surface area contributed by atoms with Crippen LogP contribution in [-0.4, -0.2) is 36.4 Å². The molecule has 0 saturated carbocycles. The maximum absolute atomic E-state index is 13.8. The molecule has 0 radical (unpaired) electrons. The first-order chi connectivity index (χ1) is 17.5. The van der Waals surface area contributed by atoms with Crippen molar-refractivity contribution in [1.29, 1.82) is 0 Å². The molecule has 0 aliphatic carbocycles. The van der Waals surface area contributed by atoms with Gasteiger partial charge in [-0.2, -0.15) is 0 Å². The number of unbranched alkanes of at least 4 members (excludes halogenated alkanes) is 1. The molecule has 0 bridgehead atoms. The van der Waals surface area contributed by atoms with E-state index < -0.39 is 13.0 Å². The maximum Gasteiger partial charge on any atom is 0.308 e. The number of hydrogen-bond acceptors (Lipinski definition) is 4. The number of ether oxygens (including phenoxy) is 2. The zero-order valence-electron chi connectivity index (χ0n) is 21.5. The van der Waals surface area contributed by atoms with Gasteiger partial charge in [-0.05, 0) is 48.9 Å². The van der Waals surface area contributed by atoms with Crippen molar-refractivity contribution in [3.8, 4) is 0 Å². The van der Waals surface area contributed by atoms with Crippen molar-refractivity contribution in [1.82, 2.24) is 0 Å². The summed E-state index contributed by atoms with van der Waals surface area (Å²) in [7, 11) is 0. The summed E-state index contributed by atoms with van der Waals surface area (Å²) >= 11 is 0. The number of Topliss-reactive ketones (excluding diaryl/α,β-unsaturated/α-hetero) is 1. The second-order valence-corrected chi connectivity index (χ2v) is 12.4. The molecule has 4 nitrogen and oxygen atoms in total. The summed E-state index contributed by atoms with van der Waals surface area (Å²) in [6.07, 6.45) is 1.33. The van der Waals surface area contributed by atoms with Gasteiger partial charge in [-0.3, -0.25) is 9.59 Å². The van der Waals surface area contributed by atoms with Crippen LogP contribution in [0.4, 0.5) is 0 Å². The molecule has 0 aliphatic heterocycles. The monoisotopic (exact) mass is 504 g/mol. The van der Waals surface area contributed by atoms with Gasteiger partial charge in [-0.15, -0.1) is 0 Å². The number of hydrogen-bond donors (Lipinski definition) is 0. The van der Waals surface area contributed by atoms with Crippen LogP contribution in [0.25, 0.3) is 0 Å². The number of rotatable bonds is 13. The lowest BCUT2D eigenvalue weighted by Gasteiger charge is -2.28. The Morgan fingerprint density at radius 3 is 1.67 bits per heavy atom. The predicted octanol–water partition coefficient (Wildman–Crippen LogP) is 5.27. The molecule has 0 amide bonds. The second-order valence-electron chi connectivity index (χ2n) is 9.12. The summed E-state index contributed by atoms with van der Waals surface area (Å²) in [6, 6.07) is 30.7. The van der Waals surface area contributed by atoms with E-state index in [1.54, 1.807) is 0 Å². The standard InChI is InChI=1S/C31H37O4P/c1-4-5-21-34-27(23-31(33)35-25(2)3)22-26(32)24-36(28-15-9-6-10-16-28,29-17-11-7-12-18-29)30-19-13-8-14-20-30/h6-20,24-25,27H,4-5,21-23H2,1-3H3/t27-/m1/s1. The smallest absolute Gasteiger partial charge is 0.308 e. The average Bonchev–Trinajstić information content (AvgIpc) is 2.88. The van der Waals surface area contributed by atoms with Crippen LogP contribution in [0.3, 0.4) is 0 Å². The van der Waals surface area contributed by atoms with Crippen molar-refractivity contribution < 1.29 is 19.1 Å². The van der Waals surface area contributed by atoms with Crippen molar-refractivity contribution in [3.05, 3.63) is 91.0 Å². The lowest BCUT2D eigenvalue weighted by atomic mass is 10.1. The molecule has 0 spiro atoms. The van der Waals surface area contributed by atoms with E-state index in [4.69, 9.17) is 9.47 Å². The molecular formula is C31H37O4P. The normalized spacial score (nSPS) is 12.2. The van der Waals surface area contributed by atoms with Gasteiger partial charge in [0.05, 0.1) is 18.6 Å². The maximum atomic E-state index is 13.8. The molecule has 0 heterocycles. The van der Waals surface area contributed by atoms with E-state index in [0.717, 1.165) is 28.8 Å². The van der Waals surface area contributed by atoms with Gasteiger partial charge in [0.2, 0.25) is 0 Å². The highest BCUT2D eigenvalue weighted by Crippen LogP contribution is 2.43. The van der Waals surface area contributed by atoms with Gasteiger partial charge in [-0.1, -0.05) is 104 Å². The van der Waals surface area contributed by atoms with Gasteiger partial charge in [0.15, 0.2) is 5.78 Å². The first-order valence-corrected chi connectivity index (χ1v) is 14.6. The van der Waals surface area contributed by atoms with Crippen LogP contribution in [0.2, 0.25) is 0 Å². The van der Waals surface area contributed by atoms with E-state index in [2.05, 4.69) is 43.3 Å². The van der Waals surface area contributed by atoms with Gasteiger partial charge in [-0.25, -0.2) is 0 Å². The highest BCUT2D eigenvalue weighted by molar-refractivity contribution is 7.95. The first kappa shape index (κ1) is 27.6. The van der Waals surface area contributed by atoms with Crippen molar-refractivity contribution in [2.24, 2.45) is 0 Å². The molecule has 0 unspecified atom stereocenters. The molecule has 190 valence electrons. The fourth-order valence-corrected chi connectivity index (χ4v) is 8.04. The summed E-state index contributed by atoms with van der Waals surface area (Å²) in [4.78, 5) is 26.2. The van der Waals surface area contributed by atoms with E-state index in [1.807, 2.05) is 74.2 Å². The zero-order valence-corrected chi connectivity index (χ0v) is 22.4. The Balaban J connectivity index is 2.07. The Labute approximate surface area is 215 Å². The Kier molecular flexibility index (Phi) is 10.7. The van der Waals surface area contributed by atoms with E-state index in [-0.39, 0.29) is 30.7 Å². The molecule has 0 saturated heterocycles. The number of carbonyl (C=O) groups is 2. The minimum Gasteiger partial charge on any atom is -0.463 e. The quantitative estimate of drug-likeness (QED) is 0.181. The van der Waals surface area contributed by atoms with Gasteiger partial charge < -0.3 is 9.47 Å². The molecule has 36 heavy (non-hydrogen) atoms. The average molecular weight is 505 g/mol. The highest BCUT2D eigenvalue weighted by atomic mass is 31.2. The summed E-state index contributed by atoms with van der Waals surface area (Å²) in [5.74, 6) is 1.55. The highest BCUT2D eigenvalue weighted by Gasteiger charge is 2.27. The molecule has 3 aromatic rings. The van der Waals surface area contributed by atoms with Crippen LogP contribution < -0.4 is 15.9 Å². The number of ketones is 1. The van der Waals surface area contributed by atoms with Crippen molar-refractivity contribution in [2.45, 2.75) is 58.7 Å². The summed E-state index contributed by atoms with van der Waals surface area (Å²) in [6.45, 7) is 3.84. The summed E-state index contributed by atoms with van der Waals surface area (Å²) in [5, 5.41) is 3.33. The molecule has 1 atom stereocenters. The Bertz CT molecular complexity index is 1040. The van der Waals surface area contributed by atoms with Crippen molar-refractivity contribution in [2.75, 3.05) is 6.61 Å². The van der Waals surface area contributed by atoms with Crippen molar-refractivity contribution in [3.63, 3.8) is 0 Å². The molecule has 5 heteroatoms. The zero-order chi connectivity index (χ0) is 25.8. The van der Waals surface area contributed by atoms with Crippen LogP contribution in [0, 0.1) is 0 Å². The molecular weight excluding hydrogens is 467 g/mol. The number of esters is 1. The molecule has 0 fully saturated rings. The Hall–Kier alpha value is -2.94. The Morgan fingerprint density at radius 2 is 1.25 bits per heavy atom. The molecule has 0 N–H and O–H groups in total. The minimum absolute atomic E-state index is 0.0289. The van der Waals surface area contributed by atoms with Crippen LogP contribution in [0.5, 0.6) is 0 Å². The lowest BCUT2D eigenvalue weighted by Crippen LogP contribution is -2.30. The van der Waals surface area contributed by atoms with Gasteiger partial charge in [0.1, 0.15) is 0 Å². The molecule has 0 aromatic heterocycles. The number of benzene rings is 3. The van der Waals surface area contributed by atoms with Gasteiger partial charge in [0, 0.05) is 13.0 Å². The Morgan fingerprint density at radius 1 is 0.778 bits per heavy atom. The third-order valence-electron chi connectivity index (χ3n) is 5.87. The molecule has 3 aromatic carbocycles. The molecule has 3 rings (SSSR count). The van der Waals surface area contributed by atoms with E-state index in [0.29, 0.717) is 6.61 Å². The summed E-state index contributed by atoms with van der Waals surface area (Å²) in [5.41, 5.74) is 0. The predicted molar refractivity (Wildman–Crippen MR) is 151 cm³/mol. The SMILES string of the molecule is CCCCO[C@H](CC(=O)C=P(c1ccccc1)(c1ccccc1)c1ccccc1)CC(=O)OC(C)C. The fraction of sp³-hybridized carbons (Fsp3) is 0.323. The minimum atomic E-state index is -2.40. The molecule has 0 aliphatic rings. The van der Waals surface area contributed by atoms with Crippen LogP contribution in [0.1, 0.15) is 46.5 Å². The van der Waals surface area contributed by atoms with Crippen molar-refractivity contribution >= 4 is 40.3 Å². The van der Waals surface area contributed by atoms with Gasteiger partial charge in [0.25, 0.3) is 0 Å². The van der Waals surface area contributed by atoms with Crippen LogP contribution in [-0.2, 0) is 19.1 Å². The van der Waals surface area contributed by atoms with E-state index >= 15 is 0 Å². The fourth-order valence-electron chi connectivity index (χ4n) is 4.23. The van der Waals surface area contributed by atoms with Crippen LogP contribution >= 0.6 is 6.89 Å². The third-order valence-corrected chi connectivity index (χ3v) is 9.88.